The van der Waals surface area contributed by atoms with Crippen LogP contribution in [0.4, 0.5) is 5.69 Å². The molecule has 0 radical (unpaired) electrons. The molecule has 2 atom stereocenters. The molecule has 0 amide bonds. The molecule has 1 aromatic rings. The minimum absolute atomic E-state index is 0.781. The second-order valence-corrected chi connectivity index (χ2v) is 5.96. The molecule has 2 saturated heterocycles. The van der Waals surface area contributed by atoms with E-state index in [1.807, 2.05) is 0 Å². The maximum atomic E-state index is 2.73. The lowest BCUT2D eigenvalue weighted by Crippen LogP contribution is -2.39. The van der Waals surface area contributed by atoms with Crippen molar-refractivity contribution < 1.29 is 0 Å². The Labute approximate surface area is 111 Å². The lowest BCUT2D eigenvalue weighted by atomic mass is 10.2. The van der Waals surface area contributed by atoms with E-state index in [0.717, 1.165) is 12.1 Å². The van der Waals surface area contributed by atoms with Crippen LogP contribution in [0.15, 0.2) is 24.3 Å². The number of hydrogen-bond acceptors (Lipinski definition) is 2. The first kappa shape index (κ1) is 12.0. The maximum absolute atomic E-state index is 2.73. The van der Waals surface area contributed by atoms with Crippen LogP contribution in [0, 0.1) is 6.92 Å². The van der Waals surface area contributed by atoms with E-state index < -0.39 is 0 Å². The smallest absolute Gasteiger partial charge is 0.0369 e. The van der Waals surface area contributed by atoms with Gasteiger partial charge < -0.3 is 4.90 Å². The van der Waals surface area contributed by atoms with E-state index in [-0.39, 0.29) is 0 Å². The number of rotatable bonds is 2. The first-order valence-corrected chi connectivity index (χ1v) is 7.31. The molecular formula is C16H24N2. The second kappa shape index (κ2) is 4.93. The lowest BCUT2D eigenvalue weighted by molar-refractivity contribution is 0.204. The summed E-state index contributed by atoms with van der Waals surface area (Å²) in [4.78, 5) is 5.29. The van der Waals surface area contributed by atoms with Gasteiger partial charge in [-0.1, -0.05) is 12.1 Å². The van der Waals surface area contributed by atoms with Gasteiger partial charge in [-0.2, -0.15) is 0 Å². The van der Waals surface area contributed by atoms with E-state index in [0.29, 0.717) is 0 Å². The lowest BCUT2D eigenvalue weighted by Gasteiger charge is -2.28. The van der Waals surface area contributed by atoms with Crippen molar-refractivity contribution >= 4 is 5.69 Å². The first-order valence-electron chi connectivity index (χ1n) is 7.31. The molecule has 2 nitrogen and oxygen atoms in total. The number of aryl methyl sites for hydroxylation is 1. The highest BCUT2D eigenvalue weighted by Crippen LogP contribution is 2.28. The molecule has 0 bridgehead atoms. The topological polar surface area (TPSA) is 6.48 Å². The highest BCUT2D eigenvalue weighted by atomic mass is 15.3. The van der Waals surface area contributed by atoms with Crippen LogP contribution < -0.4 is 4.90 Å². The van der Waals surface area contributed by atoms with Crippen LogP contribution in [0.1, 0.15) is 31.7 Å². The zero-order chi connectivity index (χ0) is 12.5. The maximum Gasteiger partial charge on any atom is 0.0369 e. The fourth-order valence-electron chi connectivity index (χ4n) is 3.57. The molecule has 1 aromatic carbocycles. The van der Waals surface area contributed by atoms with E-state index in [4.69, 9.17) is 0 Å². The molecule has 2 fully saturated rings. The molecule has 3 rings (SSSR count). The fraction of sp³-hybridized carbons (Fsp3) is 0.625. The van der Waals surface area contributed by atoms with Gasteiger partial charge in [-0.15, -0.1) is 0 Å². The van der Waals surface area contributed by atoms with Gasteiger partial charge in [0.15, 0.2) is 0 Å². The first-order chi connectivity index (χ1) is 8.74. The molecule has 98 valence electrons. The van der Waals surface area contributed by atoms with Gasteiger partial charge >= 0.3 is 0 Å². The van der Waals surface area contributed by atoms with Crippen molar-refractivity contribution in [1.82, 2.24) is 4.90 Å². The summed E-state index contributed by atoms with van der Waals surface area (Å²) in [5.74, 6) is 0. The Morgan fingerprint density at radius 3 is 2.78 bits per heavy atom. The fourth-order valence-corrected chi connectivity index (χ4v) is 3.57. The predicted octanol–water partition coefficient (Wildman–Crippen LogP) is 3.06. The Morgan fingerprint density at radius 1 is 1.17 bits per heavy atom. The number of anilines is 1. The third-order valence-corrected chi connectivity index (χ3v) is 4.60. The Balaban J connectivity index is 1.68. The van der Waals surface area contributed by atoms with Gasteiger partial charge in [-0.3, -0.25) is 4.90 Å². The Kier molecular flexibility index (Phi) is 3.29. The molecule has 2 aliphatic rings. The monoisotopic (exact) mass is 244 g/mol. The molecule has 2 heteroatoms. The van der Waals surface area contributed by atoms with Crippen LogP contribution >= 0.6 is 0 Å². The van der Waals surface area contributed by atoms with Crippen molar-refractivity contribution in [2.75, 3.05) is 24.5 Å². The van der Waals surface area contributed by atoms with Crippen molar-refractivity contribution in [2.45, 2.75) is 45.2 Å². The highest BCUT2D eigenvalue weighted by Gasteiger charge is 2.32. The Hall–Kier alpha value is -1.02. The largest absolute Gasteiger partial charge is 0.370 e. The van der Waals surface area contributed by atoms with Crippen molar-refractivity contribution in [2.24, 2.45) is 0 Å². The summed E-state index contributed by atoms with van der Waals surface area (Å²) in [7, 11) is 0. The molecule has 0 N–H and O–H groups in total. The van der Waals surface area contributed by atoms with Gasteiger partial charge in [-0.25, -0.2) is 0 Å². The summed E-state index contributed by atoms with van der Waals surface area (Å²) in [6, 6.07) is 10.5. The molecule has 2 heterocycles. The van der Waals surface area contributed by atoms with Crippen LogP contribution in [-0.2, 0) is 0 Å². The van der Waals surface area contributed by atoms with Crippen LogP contribution in [0.5, 0.6) is 0 Å². The molecule has 18 heavy (non-hydrogen) atoms. The number of hydrogen-bond donors (Lipinski definition) is 0. The van der Waals surface area contributed by atoms with Gasteiger partial charge in [0.25, 0.3) is 0 Å². The molecule has 0 saturated carbocycles. The second-order valence-electron chi connectivity index (χ2n) is 5.96. The van der Waals surface area contributed by atoms with Crippen LogP contribution in [0.25, 0.3) is 0 Å². The standard InChI is InChI=1S/C16H24N2/c1-13-5-3-7-15(11-13)17-10-8-16(12-17)18-9-4-6-14(18)2/h3,5,7,11,14,16H,4,6,8-10,12H2,1-2H3/t14-,16-/m0/s1. The zero-order valence-corrected chi connectivity index (χ0v) is 11.6. The van der Waals surface area contributed by atoms with E-state index in [2.05, 4.69) is 47.9 Å². The normalized spacial score (nSPS) is 29.1. The number of nitrogens with zero attached hydrogens (tertiary/aromatic N) is 2. The third-order valence-electron chi connectivity index (χ3n) is 4.60. The zero-order valence-electron chi connectivity index (χ0n) is 11.6. The van der Waals surface area contributed by atoms with Gasteiger partial charge in [0.1, 0.15) is 0 Å². The Morgan fingerprint density at radius 2 is 2.06 bits per heavy atom. The highest BCUT2D eigenvalue weighted by molar-refractivity contribution is 5.49. The summed E-state index contributed by atoms with van der Waals surface area (Å²) in [5.41, 5.74) is 2.77. The van der Waals surface area contributed by atoms with Gasteiger partial charge in [0.2, 0.25) is 0 Å². The number of benzene rings is 1. The van der Waals surface area contributed by atoms with Crippen molar-refractivity contribution in [1.29, 1.82) is 0 Å². The summed E-state index contributed by atoms with van der Waals surface area (Å²) in [5, 5.41) is 0. The average molecular weight is 244 g/mol. The molecular weight excluding hydrogens is 220 g/mol. The third kappa shape index (κ3) is 2.26. The summed E-state index contributed by atoms with van der Waals surface area (Å²) in [6.07, 6.45) is 4.11. The van der Waals surface area contributed by atoms with Gasteiger partial charge in [-0.05, 0) is 57.4 Å². The minimum Gasteiger partial charge on any atom is -0.370 e. The van der Waals surface area contributed by atoms with Crippen molar-refractivity contribution in [3.63, 3.8) is 0 Å². The average Bonchev–Trinajstić information content (AvgIpc) is 2.97. The van der Waals surface area contributed by atoms with Crippen LogP contribution in [-0.4, -0.2) is 36.6 Å². The number of likely N-dealkylation sites (tertiary alicyclic amines) is 1. The molecule has 2 aliphatic heterocycles. The SMILES string of the molecule is Cc1cccc(N2CC[C@H](N3CCC[C@@H]3C)C2)c1. The van der Waals surface area contributed by atoms with E-state index in [1.165, 1.54) is 50.1 Å². The molecule has 0 aromatic heterocycles. The van der Waals surface area contributed by atoms with E-state index in [1.54, 1.807) is 0 Å². The van der Waals surface area contributed by atoms with E-state index >= 15 is 0 Å². The van der Waals surface area contributed by atoms with Crippen LogP contribution in [0.2, 0.25) is 0 Å². The van der Waals surface area contributed by atoms with Crippen LogP contribution in [0.3, 0.4) is 0 Å². The van der Waals surface area contributed by atoms with E-state index in [9.17, 15) is 0 Å². The summed E-state index contributed by atoms with van der Waals surface area (Å²) in [6.45, 7) is 8.32. The predicted molar refractivity (Wildman–Crippen MR) is 77.2 cm³/mol. The minimum atomic E-state index is 0.781. The van der Waals surface area contributed by atoms with Gasteiger partial charge in [0, 0.05) is 30.9 Å². The molecule has 0 spiro atoms. The molecule has 0 unspecified atom stereocenters. The van der Waals surface area contributed by atoms with Crippen molar-refractivity contribution in [3.8, 4) is 0 Å². The molecule has 0 aliphatic carbocycles. The van der Waals surface area contributed by atoms with Gasteiger partial charge in [0.05, 0.1) is 0 Å². The van der Waals surface area contributed by atoms with Crippen molar-refractivity contribution in [3.05, 3.63) is 29.8 Å². The summed E-state index contributed by atoms with van der Waals surface area (Å²) >= 11 is 0. The Bertz CT molecular complexity index is 415. The summed E-state index contributed by atoms with van der Waals surface area (Å²) < 4.78 is 0. The quantitative estimate of drug-likeness (QED) is 0.789.